The Morgan fingerprint density at radius 2 is 0.622 bits per heavy atom. The van der Waals surface area contributed by atoms with Crippen LogP contribution in [0.3, 0.4) is 0 Å². The summed E-state index contributed by atoms with van der Waals surface area (Å²) in [6, 6.07) is 17.2. The molecule has 0 N–H and O–H groups in total. The van der Waals surface area contributed by atoms with Crippen LogP contribution in [0.5, 0.6) is 0 Å². The Kier molecular flexibility index (Phi) is 49.4. The van der Waals surface area contributed by atoms with Crippen molar-refractivity contribution in [3.05, 3.63) is 84.0 Å². The fraction of sp³-hybridized carbons (Fsp3) is 0.722. The van der Waals surface area contributed by atoms with Crippen molar-refractivity contribution in [1.82, 2.24) is 0 Å². The van der Waals surface area contributed by atoms with Gasteiger partial charge >= 0.3 is 0 Å². The molecule has 2 rings (SSSR count). The van der Waals surface area contributed by atoms with Crippen molar-refractivity contribution in [2.75, 3.05) is 0 Å². The second-order valence-electron chi connectivity index (χ2n) is 22.4. The molecule has 0 amide bonds. The third-order valence-corrected chi connectivity index (χ3v) is 15.4. The van der Waals surface area contributed by atoms with E-state index in [1.807, 2.05) is 6.21 Å². The summed E-state index contributed by atoms with van der Waals surface area (Å²) in [7, 11) is 0. The molecule has 0 aliphatic heterocycles. The molecule has 0 atom stereocenters. The molecule has 2 nitrogen and oxygen atoms in total. The van der Waals surface area contributed by atoms with E-state index in [0.717, 1.165) is 49.2 Å². The molecule has 0 unspecified atom stereocenters. The van der Waals surface area contributed by atoms with Gasteiger partial charge in [-0.15, -0.1) is 0 Å². The average molecular weight is 1010 g/mol. The summed E-state index contributed by atoms with van der Waals surface area (Å²) in [6.07, 6.45) is 79.1. The molecule has 0 saturated carbocycles. The topological polar surface area (TPSA) is 24.7 Å². The number of aryl methyl sites for hydroxylation is 2. The van der Waals surface area contributed by atoms with Crippen molar-refractivity contribution in [1.29, 1.82) is 0 Å². The zero-order chi connectivity index (χ0) is 52.6. The van der Waals surface area contributed by atoms with Crippen LogP contribution in [-0.2, 0) is 12.8 Å². The van der Waals surface area contributed by atoms with E-state index < -0.39 is 0 Å². The molecule has 0 bridgehead atoms. The Morgan fingerprint density at radius 3 is 0.959 bits per heavy atom. The van der Waals surface area contributed by atoms with E-state index in [4.69, 9.17) is 9.98 Å². The quantitative estimate of drug-likeness (QED) is 0.0273. The average Bonchev–Trinajstić information content (AvgIpc) is 3.42. The molecular weight excluding hydrogens is 893 g/mol. The predicted molar refractivity (Wildman–Crippen MR) is 336 cm³/mol. The highest BCUT2D eigenvalue weighted by molar-refractivity contribution is 6.39. The van der Waals surface area contributed by atoms with Crippen molar-refractivity contribution < 1.29 is 0 Å². The van der Waals surface area contributed by atoms with Crippen molar-refractivity contribution in [2.45, 2.75) is 335 Å². The smallest absolute Gasteiger partial charge is 0.132 e. The lowest BCUT2D eigenvalue weighted by molar-refractivity contribution is 0.520. The van der Waals surface area contributed by atoms with Crippen LogP contribution in [0.4, 0.5) is 11.4 Å². The summed E-state index contributed by atoms with van der Waals surface area (Å²) < 4.78 is 0. The summed E-state index contributed by atoms with van der Waals surface area (Å²) in [5, 5.41) is 0. The van der Waals surface area contributed by atoms with Gasteiger partial charge in [0.05, 0.1) is 17.6 Å². The highest BCUT2D eigenvalue weighted by atomic mass is 14.8. The van der Waals surface area contributed by atoms with Crippen LogP contribution >= 0.6 is 0 Å². The summed E-state index contributed by atoms with van der Waals surface area (Å²) >= 11 is 0. The van der Waals surface area contributed by atoms with Crippen molar-refractivity contribution >= 4 is 23.3 Å². The second-order valence-corrected chi connectivity index (χ2v) is 22.4. The lowest BCUT2D eigenvalue weighted by Crippen LogP contribution is -1.97. The lowest BCUT2D eigenvalue weighted by atomic mass is 10.0. The maximum Gasteiger partial charge on any atom is 0.132 e. The van der Waals surface area contributed by atoms with E-state index in [2.05, 4.69) is 105 Å². The summed E-state index contributed by atoms with van der Waals surface area (Å²) in [6.45, 7) is 6.71. The first-order valence-corrected chi connectivity index (χ1v) is 32.9. The first-order valence-electron chi connectivity index (χ1n) is 32.9. The Morgan fingerprint density at radius 1 is 0.338 bits per heavy atom. The molecule has 0 aliphatic rings. The van der Waals surface area contributed by atoms with Crippen molar-refractivity contribution in [3.63, 3.8) is 0 Å². The number of hydrogen-bond acceptors (Lipinski definition) is 2. The molecule has 418 valence electrons. The van der Waals surface area contributed by atoms with E-state index in [1.54, 1.807) is 0 Å². The van der Waals surface area contributed by atoms with Gasteiger partial charge in [-0.3, -0.25) is 4.99 Å². The molecule has 0 radical (unpaired) electrons. The third kappa shape index (κ3) is 43.0. The molecule has 2 aromatic rings. The van der Waals surface area contributed by atoms with Gasteiger partial charge in [0.1, 0.15) is 5.71 Å². The van der Waals surface area contributed by atoms with Crippen LogP contribution in [-0.4, -0.2) is 11.9 Å². The molecule has 2 heteroatoms. The van der Waals surface area contributed by atoms with Crippen LogP contribution in [0.1, 0.15) is 334 Å². The van der Waals surface area contributed by atoms with Crippen LogP contribution in [0, 0.1) is 11.8 Å². The van der Waals surface area contributed by atoms with Gasteiger partial charge in [0.15, 0.2) is 0 Å². The van der Waals surface area contributed by atoms with E-state index in [9.17, 15) is 0 Å². The molecule has 2 aromatic carbocycles. The maximum absolute atomic E-state index is 5.08. The first-order chi connectivity index (χ1) is 36.8. The van der Waals surface area contributed by atoms with E-state index in [0.29, 0.717) is 0 Å². The number of rotatable bonds is 53. The van der Waals surface area contributed by atoms with E-state index in [-0.39, 0.29) is 0 Å². The SMILES string of the molecule is CCC#CC(C=Nc1ccccc1CCC=CCCCCCCCCCCCCCCCCCCCCCCC)=Nc1ccccc1CCC=CCCCCCCCCCCCCCCCCCCCCCCC. The van der Waals surface area contributed by atoms with Crippen molar-refractivity contribution in [3.8, 4) is 11.8 Å². The number of benzene rings is 2. The highest BCUT2D eigenvalue weighted by Gasteiger charge is 2.04. The van der Waals surface area contributed by atoms with E-state index in [1.165, 1.54) is 294 Å². The number of hydrogen-bond donors (Lipinski definition) is 0. The Hall–Kier alpha value is -3.18. The summed E-state index contributed by atoms with van der Waals surface area (Å²) in [4.78, 5) is 10.0. The van der Waals surface area contributed by atoms with Gasteiger partial charge in [0.2, 0.25) is 0 Å². The van der Waals surface area contributed by atoms with Crippen LogP contribution in [0.25, 0.3) is 0 Å². The normalized spacial score (nSPS) is 12.0. The van der Waals surface area contributed by atoms with Gasteiger partial charge in [-0.25, -0.2) is 4.99 Å². The zero-order valence-corrected chi connectivity index (χ0v) is 49.5. The van der Waals surface area contributed by atoms with Crippen molar-refractivity contribution in [2.24, 2.45) is 9.98 Å². The van der Waals surface area contributed by atoms with Crippen LogP contribution in [0.2, 0.25) is 0 Å². The minimum atomic E-state index is 0.726. The minimum Gasteiger partial charge on any atom is -0.254 e. The number of nitrogens with zero attached hydrogens (tertiary/aromatic N) is 2. The molecule has 0 heterocycles. The number of allylic oxidation sites excluding steroid dienone is 4. The molecule has 0 fully saturated rings. The monoisotopic (exact) mass is 1010 g/mol. The fourth-order valence-corrected chi connectivity index (χ4v) is 10.5. The Bertz CT molecular complexity index is 1680. The molecule has 0 spiro atoms. The minimum absolute atomic E-state index is 0.726. The molecular formula is C72H120N2. The van der Waals surface area contributed by atoms with Gasteiger partial charge in [-0.05, 0) is 80.5 Å². The van der Waals surface area contributed by atoms with Gasteiger partial charge < -0.3 is 0 Å². The zero-order valence-electron chi connectivity index (χ0n) is 49.5. The maximum atomic E-state index is 5.08. The molecule has 0 aliphatic carbocycles. The van der Waals surface area contributed by atoms with Gasteiger partial charge in [0, 0.05) is 6.42 Å². The molecule has 0 saturated heterocycles. The third-order valence-electron chi connectivity index (χ3n) is 15.4. The fourth-order valence-electron chi connectivity index (χ4n) is 10.5. The summed E-state index contributed by atoms with van der Waals surface area (Å²) in [5.74, 6) is 6.57. The van der Waals surface area contributed by atoms with Gasteiger partial charge in [-0.1, -0.05) is 344 Å². The number of unbranched alkanes of at least 4 members (excludes halogenated alkanes) is 42. The second kappa shape index (κ2) is 54.6. The number of para-hydroxylation sites is 2. The first kappa shape index (κ1) is 66.9. The van der Waals surface area contributed by atoms with Crippen LogP contribution in [0.15, 0.2) is 82.8 Å². The van der Waals surface area contributed by atoms with Crippen LogP contribution < -0.4 is 0 Å². The summed E-state index contributed by atoms with van der Waals surface area (Å²) in [5.41, 5.74) is 5.30. The number of aliphatic imine (C=N–C) groups is 2. The Labute approximate surface area is 462 Å². The highest BCUT2D eigenvalue weighted by Crippen LogP contribution is 2.24. The predicted octanol–water partition coefficient (Wildman–Crippen LogP) is 24.8. The molecule has 0 aromatic heterocycles. The van der Waals surface area contributed by atoms with E-state index >= 15 is 0 Å². The lowest BCUT2D eigenvalue weighted by Gasteiger charge is -2.05. The van der Waals surface area contributed by atoms with Gasteiger partial charge in [-0.2, -0.15) is 0 Å². The standard InChI is InChI=1S/C72H120N2/c1-4-7-10-12-14-16-18-20-22-24-26-28-30-32-34-36-38-40-42-44-46-48-50-52-54-60-68-62-56-58-65-71(68)73-67-70(64-9-6-3)74-72-66-59-57-63-69(72)61-55-53-51-49-47-45-43-41-39-37-35-33-31-29-27-25-23-21-19-17-15-13-11-8-5-2/h50-53,56-59,62-63,65-67H,4-8,10-49,54-55,60-61H2,1-3H3. The van der Waals surface area contributed by atoms with Gasteiger partial charge in [0.25, 0.3) is 0 Å². The largest absolute Gasteiger partial charge is 0.254 e. The molecule has 74 heavy (non-hydrogen) atoms. The Balaban J connectivity index is 1.54.